The van der Waals surface area contributed by atoms with E-state index in [1.165, 1.54) is 6.07 Å². The first-order chi connectivity index (χ1) is 8.15. The minimum absolute atomic E-state index is 0.208. The van der Waals surface area contributed by atoms with E-state index in [4.69, 9.17) is 16.9 Å². The van der Waals surface area contributed by atoms with Crippen molar-refractivity contribution in [3.8, 4) is 6.07 Å². The van der Waals surface area contributed by atoms with Crippen molar-refractivity contribution >= 4 is 27.3 Å². The largest absolute Gasteiger partial charge is 0.416 e. The van der Waals surface area contributed by atoms with Gasteiger partial charge in [0.1, 0.15) is 0 Å². The fourth-order valence-corrected chi connectivity index (χ4v) is 2.10. The van der Waals surface area contributed by atoms with Crippen molar-refractivity contribution in [3.63, 3.8) is 0 Å². The Labute approximate surface area is 106 Å². The summed E-state index contributed by atoms with van der Waals surface area (Å²) in [5.74, 6) is -0.815. The molecular weight excluding hydrogens is 293 g/mol. The van der Waals surface area contributed by atoms with Gasteiger partial charge in [0.2, 0.25) is 10.0 Å². The van der Waals surface area contributed by atoms with Gasteiger partial charge in [0.25, 0.3) is 0 Å². The molecule has 0 saturated heterocycles. The highest BCUT2D eigenvalue weighted by molar-refractivity contribution is 7.92. The molecule has 1 N–H and O–H groups in total. The molecule has 0 bridgehead atoms. The van der Waals surface area contributed by atoms with Crippen LogP contribution in [0.5, 0.6) is 0 Å². The standard InChI is InChI=1S/C9H6ClF3N2O2S/c10-7-5-6(9(11,12)13)1-2-8(7)15-18(16,17)4-3-14/h1-2,5,15H,4H2. The van der Waals surface area contributed by atoms with E-state index in [1.54, 1.807) is 0 Å². The smallest absolute Gasteiger partial charge is 0.281 e. The zero-order valence-corrected chi connectivity index (χ0v) is 10.2. The molecule has 1 rings (SSSR count). The van der Waals surface area contributed by atoms with E-state index in [0.29, 0.717) is 12.1 Å². The normalized spacial score (nSPS) is 11.9. The summed E-state index contributed by atoms with van der Waals surface area (Å²) in [5.41, 5.74) is -1.20. The maximum atomic E-state index is 12.3. The van der Waals surface area contributed by atoms with Crippen LogP contribution in [0.1, 0.15) is 5.56 Å². The quantitative estimate of drug-likeness (QED) is 0.932. The van der Waals surface area contributed by atoms with E-state index >= 15 is 0 Å². The molecule has 1 aromatic carbocycles. The maximum absolute atomic E-state index is 12.3. The zero-order chi connectivity index (χ0) is 14.0. The van der Waals surface area contributed by atoms with Crippen molar-refractivity contribution in [1.29, 1.82) is 5.26 Å². The SMILES string of the molecule is N#CCS(=O)(=O)Nc1ccc(C(F)(F)F)cc1Cl. The summed E-state index contributed by atoms with van der Waals surface area (Å²) in [7, 11) is -3.93. The molecule has 0 amide bonds. The van der Waals surface area contributed by atoms with Crippen LogP contribution < -0.4 is 4.72 Å². The lowest BCUT2D eigenvalue weighted by atomic mass is 10.2. The van der Waals surface area contributed by atoms with Gasteiger partial charge in [-0.1, -0.05) is 11.6 Å². The maximum Gasteiger partial charge on any atom is 0.416 e. The molecule has 0 aromatic heterocycles. The first kappa shape index (κ1) is 14.6. The summed E-state index contributed by atoms with van der Waals surface area (Å²) in [6.07, 6.45) is -4.56. The van der Waals surface area contributed by atoms with E-state index < -0.39 is 32.5 Å². The van der Waals surface area contributed by atoms with E-state index in [2.05, 4.69) is 0 Å². The Kier molecular flexibility index (Phi) is 4.09. The first-order valence-corrected chi connectivity index (χ1v) is 6.43. The van der Waals surface area contributed by atoms with Gasteiger partial charge in [0, 0.05) is 0 Å². The van der Waals surface area contributed by atoms with E-state index in [1.807, 2.05) is 4.72 Å². The van der Waals surface area contributed by atoms with Gasteiger partial charge in [-0.2, -0.15) is 18.4 Å². The molecule has 0 heterocycles. The number of nitriles is 1. The molecule has 18 heavy (non-hydrogen) atoms. The molecule has 0 radical (unpaired) electrons. The second-order valence-electron chi connectivity index (χ2n) is 3.21. The molecule has 0 aliphatic heterocycles. The minimum atomic E-state index is -4.56. The van der Waals surface area contributed by atoms with Gasteiger partial charge in [-0.25, -0.2) is 8.42 Å². The number of alkyl halides is 3. The highest BCUT2D eigenvalue weighted by Gasteiger charge is 2.31. The molecule has 0 aliphatic rings. The molecule has 9 heteroatoms. The topological polar surface area (TPSA) is 70.0 Å². The molecular formula is C9H6ClF3N2O2S. The number of rotatable bonds is 3. The third kappa shape index (κ3) is 3.78. The predicted octanol–water partition coefficient (Wildman–Crippen LogP) is 2.62. The van der Waals surface area contributed by atoms with Crippen LogP contribution in [0.25, 0.3) is 0 Å². The molecule has 0 spiro atoms. The van der Waals surface area contributed by atoms with Crippen LogP contribution in [0.2, 0.25) is 5.02 Å². The van der Waals surface area contributed by atoms with E-state index in [9.17, 15) is 21.6 Å². The number of nitrogens with zero attached hydrogens (tertiary/aromatic N) is 1. The fraction of sp³-hybridized carbons (Fsp3) is 0.222. The van der Waals surface area contributed by atoms with Gasteiger partial charge in [0.05, 0.1) is 22.3 Å². The van der Waals surface area contributed by atoms with Crippen molar-refractivity contribution in [2.45, 2.75) is 6.18 Å². The second-order valence-corrected chi connectivity index (χ2v) is 5.34. The molecule has 1 aromatic rings. The number of anilines is 1. The lowest BCUT2D eigenvalue weighted by Crippen LogP contribution is -2.16. The molecule has 0 atom stereocenters. The van der Waals surface area contributed by atoms with Crippen LogP contribution >= 0.6 is 11.6 Å². The Morgan fingerprint density at radius 1 is 1.39 bits per heavy atom. The monoisotopic (exact) mass is 298 g/mol. The van der Waals surface area contributed by atoms with Gasteiger partial charge in [0.15, 0.2) is 5.75 Å². The van der Waals surface area contributed by atoms with Crippen LogP contribution in [-0.2, 0) is 16.2 Å². The summed E-state index contributed by atoms with van der Waals surface area (Å²) >= 11 is 5.53. The van der Waals surface area contributed by atoms with Crippen molar-refractivity contribution in [2.24, 2.45) is 0 Å². The minimum Gasteiger partial charge on any atom is -0.281 e. The third-order valence-corrected chi connectivity index (χ3v) is 3.17. The number of hydrogen-bond donors (Lipinski definition) is 1. The van der Waals surface area contributed by atoms with Crippen LogP contribution in [0.4, 0.5) is 18.9 Å². The number of nitrogens with one attached hydrogen (secondary N) is 1. The first-order valence-electron chi connectivity index (χ1n) is 4.40. The second kappa shape index (κ2) is 5.04. The van der Waals surface area contributed by atoms with E-state index in [-0.39, 0.29) is 5.69 Å². The Balaban J connectivity index is 3.05. The average Bonchev–Trinajstić information content (AvgIpc) is 2.19. The number of hydrogen-bond acceptors (Lipinski definition) is 3. The van der Waals surface area contributed by atoms with Gasteiger partial charge in [-0.15, -0.1) is 0 Å². The molecule has 0 fully saturated rings. The van der Waals surface area contributed by atoms with Gasteiger partial charge >= 0.3 is 6.18 Å². The van der Waals surface area contributed by atoms with Crippen LogP contribution in [0.15, 0.2) is 18.2 Å². The highest BCUT2D eigenvalue weighted by atomic mass is 35.5. The lowest BCUT2D eigenvalue weighted by Gasteiger charge is -2.10. The highest BCUT2D eigenvalue weighted by Crippen LogP contribution is 2.33. The van der Waals surface area contributed by atoms with Gasteiger partial charge < -0.3 is 0 Å². The van der Waals surface area contributed by atoms with Crippen LogP contribution in [0.3, 0.4) is 0 Å². The number of halogens is 4. The van der Waals surface area contributed by atoms with Crippen molar-refractivity contribution in [3.05, 3.63) is 28.8 Å². The zero-order valence-electron chi connectivity index (χ0n) is 8.62. The Bertz CT molecular complexity index is 593. The van der Waals surface area contributed by atoms with E-state index in [0.717, 1.165) is 6.07 Å². The Morgan fingerprint density at radius 3 is 2.44 bits per heavy atom. The summed E-state index contributed by atoms with van der Waals surface area (Å²) in [4.78, 5) is 0. The van der Waals surface area contributed by atoms with Crippen LogP contribution in [0, 0.1) is 11.3 Å². The van der Waals surface area contributed by atoms with Gasteiger partial charge in [-0.05, 0) is 18.2 Å². The molecule has 98 valence electrons. The lowest BCUT2D eigenvalue weighted by molar-refractivity contribution is -0.137. The Hall–Kier alpha value is -1.46. The molecule has 0 saturated carbocycles. The van der Waals surface area contributed by atoms with Crippen molar-refractivity contribution in [2.75, 3.05) is 10.5 Å². The van der Waals surface area contributed by atoms with Crippen molar-refractivity contribution in [1.82, 2.24) is 0 Å². The molecule has 0 aliphatic carbocycles. The molecule has 4 nitrogen and oxygen atoms in total. The summed E-state index contributed by atoms with van der Waals surface area (Å²) in [6.45, 7) is 0. The summed E-state index contributed by atoms with van der Waals surface area (Å²) < 4.78 is 61.3. The Morgan fingerprint density at radius 2 is 2.00 bits per heavy atom. The third-order valence-electron chi connectivity index (χ3n) is 1.82. The number of sulfonamides is 1. The predicted molar refractivity (Wildman–Crippen MR) is 59.5 cm³/mol. The number of benzene rings is 1. The average molecular weight is 299 g/mol. The van der Waals surface area contributed by atoms with Gasteiger partial charge in [-0.3, -0.25) is 4.72 Å². The summed E-state index contributed by atoms with van der Waals surface area (Å²) in [5, 5.41) is 7.85. The molecule has 0 unspecified atom stereocenters. The fourth-order valence-electron chi connectivity index (χ4n) is 1.06. The summed E-state index contributed by atoms with van der Waals surface area (Å²) in [6, 6.07) is 3.59. The van der Waals surface area contributed by atoms with Crippen LogP contribution in [-0.4, -0.2) is 14.2 Å². The van der Waals surface area contributed by atoms with Crippen molar-refractivity contribution < 1.29 is 21.6 Å².